The summed E-state index contributed by atoms with van der Waals surface area (Å²) in [6.07, 6.45) is 2.74. The van der Waals surface area contributed by atoms with Crippen LogP contribution in [-0.2, 0) is 11.3 Å². The van der Waals surface area contributed by atoms with Gasteiger partial charge in [-0.1, -0.05) is 54.6 Å². The number of hydrogen-bond donors (Lipinski definition) is 1. The van der Waals surface area contributed by atoms with E-state index in [1.807, 2.05) is 43.6 Å². The van der Waals surface area contributed by atoms with Crippen molar-refractivity contribution in [2.45, 2.75) is 19.0 Å². The van der Waals surface area contributed by atoms with Crippen molar-refractivity contribution >= 4 is 17.7 Å². The molecule has 0 unspecified atom stereocenters. The second-order valence-corrected chi connectivity index (χ2v) is 6.59. The first kappa shape index (κ1) is 17.6. The Kier molecular flexibility index (Phi) is 6.68. The molecule has 1 atom stereocenters. The van der Waals surface area contributed by atoms with Crippen molar-refractivity contribution in [3.8, 4) is 11.1 Å². The summed E-state index contributed by atoms with van der Waals surface area (Å²) in [5.41, 5.74) is 9.45. The van der Waals surface area contributed by atoms with Gasteiger partial charge < -0.3 is 10.6 Å². The SMILES string of the molecule is CSCC[C@H](N)C(=O)N(C)Cc1ccccc1-c1ccccc1. The molecule has 2 aromatic rings. The quantitative estimate of drug-likeness (QED) is 0.847. The van der Waals surface area contributed by atoms with Crippen LogP contribution in [0.1, 0.15) is 12.0 Å². The van der Waals surface area contributed by atoms with Crippen molar-refractivity contribution in [2.24, 2.45) is 5.73 Å². The smallest absolute Gasteiger partial charge is 0.239 e. The number of likely N-dealkylation sites (N-methyl/N-ethyl adjacent to an activating group) is 1. The van der Waals surface area contributed by atoms with Crippen LogP contribution < -0.4 is 5.73 Å². The van der Waals surface area contributed by atoms with E-state index in [0.717, 1.165) is 22.4 Å². The van der Waals surface area contributed by atoms with Crippen molar-refractivity contribution in [3.05, 3.63) is 60.2 Å². The maximum absolute atomic E-state index is 12.4. The number of carbonyl (C=O) groups is 1. The highest BCUT2D eigenvalue weighted by Crippen LogP contribution is 2.24. The van der Waals surface area contributed by atoms with Crippen LogP contribution in [0.4, 0.5) is 0 Å². The largest absolute Gasteiger partial charge is 0.340 e. The van der Waals surface area contributed by atoms with E-state index in [-0.39, 0.29) is 5.91 Å². The summed E-state index contributed by atoms with van der Waals surface area (Å²) in [6, 6.07) is 18.0. The monoisotopic (exact) mass is 328 g/mol. The minimum atomic E-state index is -0.420. The molecule has 0 aliphatic rings. The number of nitrogens with two attached hydrogens (primary N) is 1. The van der Waals surface area contributed by atoms with E-state index >= 15 is 0 Å². The Labute approximate surface area is 142 Å². The molecule has 23 heavy (non-hydrogen) atoms. The zero-order valence-corrected chi connectivity index (χ0v) is 14.6. The molecule has 0 aliphatic carbocycles. The van der Waals surface area contributed by atoms with E-state index in [0.29, 0.717) is 13.0 Å². The molecule has 122 valence electrons. The summed E-state index contributed by atoms with van der Waals surface area (Å²) < 4.78 is 0. The number of rotatable bonds is 7. The van der Waals surface area contributed by atoms with E-state index in [4.69, 9.17) is 5.73 Å². The summed E-state index contributed by atoms with van der Waals surface area (Å²) in [5, 5.41) is 0. The zero-order valence-electron chi connectivity index (χ0n) is 13.7. The summed E-state index contributed by atoms with van der Waals surface area (Å²) >= 11 is 1.71. The molecule has 0 aromatic heterocycles. The van der Waals surface area contributed by atoms with Gasteiger partial charge in [0.05, 0.1) is 6.04 Å². The first-order valence-corrected chi connectivity index (χ1v) is 9.15. The van der Waals surface area contributed by atoms with Crippen molar-refractivity contribution in [3.63, 3.8) is 0 Å². The van der Waals surface area contributed by atoms with Gasteiger partial charge in [0.15, 0.2) is 0 Å². The molecule has 1 amide bonds. The second-order valence-electron chi connectivity index (χ2n) is 5.61. The van der Waals surface area contributed by atoms with Gasteiger partial charge in [-0.05, 0) is 35.1 Å². The molecular weight excluding hydrogens is 304 g/mol. The van der Waals surface area contributed by atoms with Gasteiger partial charge in [0, 0.05) is 13.6 Å². The fourth-order valence-corrected chi connectivity index (χ4v) is 3.03. The first-order chi connectivity index (χ1) is 11.1. The Hall–Kier alpha value is -1.78. The van der Waals surface area contributed by atoms with E-state index < -0.39 is 6.04 Å². The van der Waals surface area contributed by atoms with E-state index in [1.165, 1.54) is 0 Å². The highest BCUT2D eigenvalue weighted by molar-refractivity contribution is 7.98. The molecule has 2 N–H and O–H groups in total. The second kappa shape index (κ2) is 8.75. The molecule has 0 spiro atoms. The van der Waals surface area contributed by atoms with Crippen LogP contribution in [0, 0.1) is 0 Å². The third-order valence-corrected chi connectivity index (χ3v) is 4.48. The molecular formula is C19H24N2OS. The molecule has 0 heterocycles. The predicted molar refractivity (Wildman–Crippen MR) is 99.3 cm³/mol. The van der Waals surface area contributed by atoms with Gasteiger partial charge in [-0.15, -0.1) is 0 Å². The van der Waals surface area contributed by atoms with Crippen LogP contribution >= 0.6 is 11.8 Å². The van der Waals surface area contributed by atoms with Gasteiger partial charge in [0.1, 0.15) is 0 Å². The lowest BCUT2D eigenvalue weighted by molar-refractivity contribution is -0.131. The van der Waals surface area contributed by atoms with Gasteiger partial charge in [0.2, 0.25) is 5.91 Å². The zero-order chi connectivity index (χ0) is 16.7. The molecule has 4 heteroatoms. The maximum Gasteiger partial charge on any atom is 0.239 e. The number of carbonyl (C=O) groups excluding carboxylic acids is 1. The molecule has 3 nitrogen and oxygen atoms in total. The molecule has 2 aromatic carbocycles. The predicted octanol–water partition coefficient (Wildman–Crippen LogP) is 3.39. The van der Waals surface area contributed by atoms with E-state index in [1.54, 1.807) is 16.7 Å². The third kappa shape index (κ3) is 4.85. The molecule has 0 aliphatic heterocycles. The average molecular weight is 328 g/mol. The first-order valence-electron chi connectivity index (χ1n) is 7.76. The highest BCUT2D eigenvalue weighted by atomic mass is 32.2. The van der Waals surface area contributed by atoms with Crippen molar-refractivity contribution in [1.82, 2.24) is 4.90 Å². The Bertz CT molecular complexity index is 630. The van der Waals surface area contributed by atoms with Crippen molar-refractivity contribution in [2.75, 3.05) is 19.1 Å². The van der Waals surface area contributed by atoms with Crippen molar-refractivity contribution < 1.29 is 4.79 Å². The molecule has 2 rings (SSSR count). The molecule has 0 bridgehead atoms. The summed E-state index contributed by atoms with van der Waals surface area (Å²) in [6.45, 7) is 0.566. The normalized spacial score (nSPS) is 12.0. The topological polar surface area (TPSA) is 46.3 Å². The van der Waals surface area contributed by atoms with E-state index in [9.17, 15) is 4.79 Å². The van der Waals surface area contributed by atoms with Crippen LogP contribution in [0.2, 0.25) is 0 Å². The van der Waals surface area contributed by atoms with Gasteiger partial charge in [-0.25, -0.2) is 0 Å². The lowest BCUT2D eigenvalue weighted by Crippen LogP contribution is -2.41. The lowest BCUT2D eigenvalue weighted by Gasteiger charge is -2.22. The highest BCUT2D eigenvalue weighted by Gasteiger charge is 2.18. The minimum Gasteiger partial charge on any atom is -0.340 e. The fourth-order valence-electron chi connectivity index (χ4n) is 2.54. The van der Waals surface area contributed by atoms with Crippen molar-refractivity contribution in [1.29, 1.82) is 0 Å². The van der Waals surface area contributed by atoms with Crippen LogP contribution in [-0.4, -0.2) is 35.9 Å². The molecule has 0 saturated heterocycles. The van der Waals surface area contributed by atoms with Gasteiger partial charge in [-0.3, -0.25) is 4.79 Å². The number of benzene rings is 2. The molecule has 0 fully saturated rings. The van der Waals surface area contributed by atoms with E-state index in [2.05, 4.69) is 24.3 Å². The summed E-state index contributed by atoms with van der Waals surface area (Å²) in [7, 11) is 1.82. The Balaban J connectivity index is 2.13. The minimum absolute atomic E-state index is 0.00177. The lowest BCUT2D eigenvalue weighted by atomic mass is 9.99. The number of nitrogens with zero attached hydrogens (tertiary/aromatic N) is 1. The molecule has 0 radical (unpaired) electrons. The standard InChI is InChI=1S/C19H24N2OS/c1-21(19(22)18(20)12-13-23-2)14-16-10-6-7-11-17(16)15-8-4-3-5-9-15/h3-11,18H,12-14,20H2,1-2H3/t18-/m0/s1. The Morgan fingerprint density at radius 2 is 1.78 bits per heavy atom. The van der Waals surface area contributed by atoms with Crippen LogP contribution in [0.15, 0.2) is 54.6 Å². The number of thioether (sulfide) groups is 1. The summed E-state index contributed by atoms with van der Waals surface area (Å²) in [4.78, 5) is 14.1. The van der Waals surface area contributed by atoms with Gasteiger partial charge >= 0.3 is 0 Å². The van der Waals surface area contributed by atoms with Crippen LogP contribution in [0.5, 0.6) is 0 Å². The van der Waals surface area contributed by atoms with Gasteiger partial charge in [-0.2, -0.15) is 11.8 Å². The van der Waals surface area contributed by atoms with Crippen LogP contribution in [0.25, 0.3) is 11.1 Å². The Morgan fingerprint density at radius 1 is 1.13 bits per heavy atom. The molecule has 0 saturated carbocycles. The van der Waals surface area contributed by atoms with Crippen LogP contribution in [0.3, 0.4) is 0 Å². The summed E-state index contributed by atoms with van der Waals surface area (Å²) in [5.74, 6) is 0.906. The average Bonchev–Trinajstić information content (AvgIpc) is 2.60. The van der Waals surface area contributed by atoms with Gasteiger partial charge in [0.25, 0.3) is 0 Å². The number of amides is 1. The Morgan fingerprint density at radius 3 is 2.48 bits per heavy atom. The maximum atomic E-state index is 12.4. The number of hydrogen-bond acceptors (Lipinski definition) is 3. The third-order valence-electron chi connectivity index (χ3n) is 3.84. The fraction of sp³-hybridized carbons (Fsp3) is 0.316.